The third-order valence-corrected chi connectivity index (χ3v) is 3.01. The molecule has 0 spiro atoms. The molecule has 0 bridgehead atoms. The lowest BCUT2D eigenvalue weighted by atomic mass is 9.90. The van der Waals surface area contributed by atoms with Gasteiger partial charge in [0.1, 0.15) is 12.3 Å². The van der Waals surface area contributed by atoms with Gasteiger partial charge in [-0.05, 0) is 24.0 Å². The Morgan fingerprint density at radius 3 is 2.89 bits per heavy atom. The molecule has 19 heavy (non-hydrogen) atoms. The van der Waals surface area contributed by atoms with Gasteiger partial charge in [0.2, 0.25) is 0 Å². The first-order chi connectivity index (χ1) is 9.00. The Balaban J connectivity index is 2.83. The molecule has 0 aliphatic carbocycles. The number of nitrogens with zero attached hydrogens (tertiary/aromatic N) is 1. The van der Waals surface area contributed by atoms with Crippen LogP contribution in [0.3, 0.4) is 0 Å². The summed E-state index contributed by atoms with van der Waals surface area (Å²) in [5.74, 6) is 5.03. The van der Waals surface area contributed by atoms with E-state index in [-0.39, 0.29) is 17.9 Å². The third-order valence-electron chi connectivity index (χ3n) is 3.01. The van der Waals surface area contributed by atoms with Crippen LogP contribution < -0.4 is 5.32 Å². The molecule has 0 aliphatic heterocycles. The number of hydrogen-bond acceptors (Lipinski definition) is 3. The highest BCUT2D eigenvalue weighted by atomic mass is 16.2. The second-order valence-electron chi connectivity index (χ2n) is 5.06. The molecule has 0 radical (unpaired) electrons. The fourth-order valence-corrected chi connectivity index (χ4v) is 1.35. The molecule has 2 N–H and O–H groups in total. The second-order valence-corrected chi connectivity index (χ2v) is 5.06. The Bertz CT molecular complexity index is 498. The summed E-state index contributed by atoms with van der Waals surface area (Å²) in [7, 11) is 0. The summed E-state index contributed by atoms with van der Waals surface area (Å²) in [5, 5.41) is 11.6. The number of aliphatic hydroxyl groups excluding tert-OH is 1. The van der Waals surface area contributed by atoms with Crippen LogP contribution in [0.5, 0.6) is 0 Å². The molecule has 4 heteroatoms. The van der Waals surface area contributed by atoms with Gasteiger partial charge >= 0.3 is 0 Å². The van der Waals surface area contributed by atoms with Crippen LogP contribution in [0.15, 0.2) is 18.3 Å². The summed E-state index contributed by atoms with van der Waals surface area (Å²) in [4.78, 5) is 16.1. The third kappa shape index (κ3) is 4.72. The molecule has 1 amide bonds. The number of hydrogen-bond donors (Lipinski definition) is 2. The maximum Gasteiger partial charge on any atom is 0.271 e. The van der Waals surface area contributed by atoms with Crippen LogP contribution in [0.2, 0.25) is 0 Å². The highest BCUT2D eigenvalue weighted by Gasteiger charge is 2.18. The predicted octanol–water partition coefficient (Wildman–Crippen LogP) is 1.59. The average molecular weight is 260 g/mol. The van der Waals surface area contributed by atoms with Crippen molar-refractivity contribution in [3.05, 3.63) is 29.6 Å². The van der Waals surface area contributed by atoms with Gasteiger partial charge in [-0.25, -0.2) is 4.98 Å². The molecule has 1 heterocycles. The molecule has 1 aromatic heterocycles. The van der Waals surface area contributed by atoms with Gasteiger partial charge < -0.3 is 10.4 Å². The zero-order valence-electron chi connectivity index (χ0n) is 11.7. The van der Waals surface area contributed by atoms with Gasteiger partial charge in [0, 0.05) is 12.7 Å². The van der Waals surface area contributed by atoms with Crippen molar-refractivity contribution in [1.29, 1.82) is 0 Å². The Hall–Kier alpha value is -1.86. The number of carbonyl (C=O) groups excluding carboxylic acids is 1. The smallest absolute Gasteiger partial charge is 0.271 e. The van der Waals surface area contributed by atoms with E-state index in [1.54, 1.807) is 18.3 Å². The van der Waals surface area contributed by atoms with E-state index in [4.69, 9.17) is 5.11 Å². The second kappa shape index (κ2) is 6.91. The summed E-state index contributed by atoms with van der Waals surface area (Å²) in [6.45, 7) is 6.63. The van der Waals surface area contributed by atoms with E-state index < -0.39 is 0 Å². The topological polar surface area (TPSA) is 62.2 Å². The minimum absolute atomic E-state index is 0.0569. The van der Waals surface area contributed by atoms with Crippen molar-refractivity contribution >= 4 is 5.91 Å². The zero-order valence-corrected chi connectivity index (χ0v) is 11.7. The van der Waals surface area contributed by atoms with Gasteiger partial charge in [0.25, 0.3) is 5.91 Å². The van der Waals surface area contributed by atoms with Crippen LogP contribution in [-0.2, 0) is 0 Å². The van der Waals surface area contributed by atoms with Gasteiger partial charge in [0.15, 0.2) is 0 Å². The molecule has 1 rings (SSSR count). The minimum atomic E-state index is -0.237. The predicted molar refractivity (Wildman–Crippen MR) is 74.6 cm³/mol. The molecule has 0 fully saturated rings. The molecule has 102 valence electrons. The molecular formula is C15H20N2O2. The van der Waals surface area contributed by atoms with E-state index in [0.717, 1.165) is 6.42 Å². The lowest BCUT2D eigenvalue weighted by Crippen LogP contribution is -2.34. The van der Waals surface area contributed by atoms with Crippen molar-refractivity contribution < 1.29 is 9.90 Å². The first-order valence-corrected chi connectivity index (χ1v) is 6.33. The Labute approximate surface area is 114 Å². The molecule has 1 aromatic rings. The number of carbonyl (C=O) groups is 1. The Morgan fingerprint density at radius 1 is 1.53 bits per heavy atom. The number of aromatic nitrogens is 1. The van der Waals surface area contributed by atoms with Crippen LogP contribution >= 0.6 is 0 Å². The van der Waals surface area contributed by atoms with Gasteiger partial charge in [-0.3, -0.25) is 4.79 Å². The molecule has 0 aliphatic rings. The van der Waals surface area contributed by atoms with Crippen LogP contribution in [0.25, 0.3) is 0 Å². The standard InChI is InChI=1S/C15H20N2O2/c1-4-15(2,3)11-17-14(19)13-12(8-6-10-18)7-5-9-16-13/h5,7,9,18H,4,10-11H2,1-3H3,(H,17,19). The number of aliphatic hydroxyl groups is 1. The van der Waals surface area contributed by atoms with E-state index in [0.29, 0.717) is 17.8 Å². The summed E-state index contributed by atoms with van der Waals surface area (Å²) in [6, 6.07) is 3.43. The van der Waals surface area contributed by atoms with E-state index in [1.165, 1.54) is 0 Å². The van der Waals surface area contributed by atoms with Crippen LogP contribution in [0.1, 0.15) is 43.2 Å². The molecule has 0 unspecified atom stereocenters. The van der Waals surface area contributed by atoms with Crippen molar-refractivity contribution in [2.45, 2.75) is 27.2 Å². The van der Waals surface area contributed by atoms with Crippen molar-refractivity contribution in [3.63, 3.8) is 0 Å². The van der Waals surface area contributed by atoms with Gasteiger partial charge in [-0.1, -0.05) is 32.6 Å². The minimum Gasteiger partial charge on any atom is -0.384 e. The quantitative estimate of drug-likeness (QED) is 0.808. The maximum absolute atomic E-state index is 12.1. The van der Waals surface area contributed by atoms with Crippen LogP contribution in [0, 0.1) is 17.3 Å². The summed E-state index contributed by atoms with van der Waals surface area (Å²) >= 11 is 0. The SMILES string of the molecule is CCC(C)(C)CNC(=O)c1ncccc1C#CCO. The Kier molecular flexibility index (Phi) is 5.53. The van der Waals surface area contributed by atoms with Gasteiger partial charge in [0.05, 0.1) is 5.56 Å². The van der Waals surface area contributed by atoms with Gasteiger partial charge in [-0.2, -0.15) is 0 Å². The summed E-state index contributed by atoms with van der Waals surface area (Å²) in [6.07, 6.45) is 2.54. The zero-order chi connectivity index (χ0) is 14.3. The fourth-order valence-electron chi connectivity index (χ4n) is 1.35. The number of nitrogens with one attached hydrogen (secondary N) is 1. The maximum atomic E-state index is 12.1. The highest BCUT2D eigenvalue weighted by Crippen LogP contribution is 2.18. The number of amides is 1. The van der Waals surface area contributed by atoms with E-state index in [9.17, 15) is 4.79 Å². The van der Waals surface area contributed by atoms with Crippen molar-refractivity contribution in [3.8, 4) is 11.8 Å². The van der Waals surface area contributed by atoms with Crippen LogP contribution in [-0.4, -0.2) is 29.1 Å². The Morgan fingerprint density at radius 2 is 2.26 bits per heavy atom. The first kappa shape index (κ1) is 15.2. The molecular weight excluding hydrogens is 240 g/mol. The molecule has 0 aromatic carbocycles. The number of pyridine rings is 1. The highest BCUT2D eigenvalue weighted by molar-refractivity contribution is 5.94. The number of rotatable bonds is 4. The molecule has 4 nitrogen and oxygen atoms in total. The average Bonchev–Trinajstić information content (AvgIpc) is 2.43. The van der Waals surface area contributed by atoms with E-state index in [2.05, 4.69) is 42.9 Å². The molecule has 0 saturated carbocycles. The normalized spacial score (nSPS) is 10.5. The van der Waals surface area contributed by atoms with E-state index >= 15 is 0 Å². The first-order valence-electron chi connectivity index (χ1n) is 6.33. The van der Waals surface area contributed by atoms with Crippen molar-refractivity contribution in [1.82, 2.24) is 10.3 Å². The van der Waals surface area contributed by atoms with Crippen molar-refractivity contribution in [2.75, 3.05) is 13.2 Å². The largest absolute Gasteiger partial charge is 0.384 e. The lowest BCUT2D eigenvalue weighted by molar-refractivity contribution is 0.0930. The van der Waals surface area contributed by atoms with E-state index in [1.807, 2.05) is 0 Å². The van der Waals surface area contributed by atoms with Crippen LogP contribution in [0.4, 0.5) is 0 Å². The molecule has 0 atom stereocenters. The summed E-state index contributed by atoms with van der Waals surface area (Å²) < 4.78 is 0. The molecule has 0 saturated heterocycles. The van der Waals surface area contributed by atoms with Gasteiger partial charge in [-0.15, -0.1) is 0 Å². The monoisotopic (exact) mass is 260 g/mol. The fraction of sp³-hybridized carbons (Fsp3) is 0.467. The lowest BCUT2D eigenvalue weighted by Gasteiger charge is -2.22. The summed E-state index contributed by atoms with van der Waals surface area (Å²) in [5.41, 5.74) is 0.889. The van der Waals surface area contributed by atoms with Crippen molar-refractivity contribution in [2.24, 2.45) is 5.41 Å².